The Morgan fingerprint density at radius 3 is 2.54 bits per heavy atom. The molecule has 0 saturated carbocycles. The number of aliphatic carboxylic acids is 1. The molecule has 6 heteroatoms. The van der Waals surface area contributed by atoms with E-state index in [2.05, 4.69) is 0 Å². The van der Waals surface area contributed by atoms with Gasteiger partial charge in [-0.3, -0.25) is 4.79 Å². The Morgan fingerprint density at radius 1 is 1.11 bits per heavy atom. The van der Waals surface area contributed by atoms with Crippen LogP contribution in [0.3, 0.4) is 0 Å². The van der Waals surface area contributed by atoms with Gasteiger partial charge >= 0.3 is 5.97 Å². The van der Waals surface area contributed by atoms with Gasteiger partial charge in [-0.25, -0.2) is 0 Å². The first-order valence-corrected chi connectivity index (χ1v) is 9.98. The van der Waals surface area contributed by atoms with Crippen molar-refractivity contribution in [2.45, 2.75) is 82.4 Å². The largest absolute Gasteiger partial charge is 0.481 e. The van der Waals surface area contributed by atoms with E-state index in [0.717, 1.165) is 6.42 Å². The fraction of sp³-hybridized carbons (Fsp3) is 0.591. The number of carbonyl (C=O) groups is 1. The number of aliphatic hydroxyl groups excluding tert-OH is 3. The molecular formula is C22H34O6. The van der Waals surface area contributed by atoms with E-state index >= 15 is 0 Å². The first kappa shape index (κ1) is 24.3. The Morgan fingerprint density at radius 2 is 1.82 bits per heavy atom. The van der Waals surface area contributed by atoms with Crippen LogP contribution in [0.15, 0.2) is 48.6 Å². The zero-order chi connectivity index (χ0) is 20.8. The number of rotatable bonds is 13. The van der Waals surface area contributed by atoms with Crippen molar-refractivity contribution in [3.8, 4) is 0 Å². The van der Waals surface area contributed by atoms with Gasteiger partial charge in [0.25, 0.3) is 0 Å². The molecule has 158 valence electrons. The molecule has 0 radical (unpaired) electrons. The minimum atomic E-state index is -0.805. The summed E-state index contributed by atoms with van der Waals surface area (Å²) < 4.78 is 5.71. The average Bonchev–Trinajstić information content (AvgIpc) is 3.03. The molecule has 0 aliphatic carbocycles. The van der Waals surface area contributed by atoms with Crippen LogP contribution in [0.5, 0.6) is 0 Å². The third-order valence-electron chi connectivity index (χ3n) is 4.42. The summed E-state index contributed by atoms with van der Waals surface area (Å²) in [4.78, 5) is 10.4. The Hall–Kier alpha value is -1.73. The second-order valence-electron chi connectivity index (χ2n) is 6.92. The van der Waals surface area contributed by atoms with Gasteiger partial charge in [-0.1, -0.05) is 55.5 Å². The highest BCUT2D eigenvalue weighted by atomic mass is 16.5. The molecule has 1 fully saturated rings. The van der Waals surface area contributed by atoms with Crippen molar-refractivity contribution in [3.05, 3.63) is 48.6 Å². The third kappa shape index (κ3) is 10.6. The van der Waals surface area contributed by atoms with E-state index < -0.39 is 36.5 Å². The molecule has 1 heterocycles. The van der Waals surface area contributed by atoms with Gasteiger partial charge in [-0.15, -0.1) is 0 Å². The smallest absolute Gasteiger partial charge is 0.303 e. The lowest BCUT2D eigenvalue weighted by Gasteiger charge is -2.16. The van der Waals surface area contributed by atoms with E-state index in [1.165, 1.54) is 0 Å². The zero-order valence-electron chi connectivity index (χ0n) is 16.6. The van der Waals surface area contributed by atoms with E-state index in [1.807, 2.05) is 43.4 Å². The molecule has 1 aliphatic heterocycles. The van der Waals surface area contributed by atoms with Crippen molar-refractivity contribution < 1.29 is 30.0 Å². The summed E-state index contributed by atoms with van der Waals surface area (Å²) in [7, 11) is 0. The monoisotopic (exact) mass is 394 g/mol. The van der Waals surface area contributed by atoms with Gasteiger partial charge in [0, 0.05) is 12.8 Å². The highest BCUT2D eigenvalue weighted by Crippen LogP contribution is 2.25. The second-order valence-corrected chi connectivity index (χ2v) is 6.92. The average molecular weight is 395 g/mol. The lowest BCUT2D eigenvalue weighted by molar-refractivity contribution is -0.136. The van der Waals surface area contributed by atoms with Gasteiger partial charge in [0.1, 0.15) is 6.10 Å². The van der Waals surface area contributed by atoms with Gasteiger partial charge in [0.05, 0.1) is 24.4 Å². The molecule has 0 amide bonds. The Balaban J connectivity index is 2.29. The van der Waals surface area contributed by atoms with Crippen molar-refractivity contribution in [3.63, 3.8) is 0 Å². The summed E-state index contributed by atoms with van der Waals surface area (Å²) in [5.41, 5.74) is 0. The topological polar surface area (TPSA) is 107 Å². The highest BCUT2D eigenvalue weighted by Gasteiger charge is 2.35. The van der Waals surface area contributed by atoms with E-state index in [-0.39, 0.29) is 6.42 Å². The van der Waals surface area contributed by atoms with Crippen molar-refractivity contribution >= 4 is 5.97 Å². The molecule has 0 unspecified atom stereocenters. The molecule has 0 aromatic carbocycles. The van der Waals surface area contributed by atoms with Gasteiger partial charge in [0.15, 0.2) is 0 Å². The fourth-order valence-corrected chi connectivity index (χ4v) is 2.84. The third-order valence-corrected chi connectivity index (χ3v) is 4.42. The summed E-state index contributed by atoms with van der Waals surface area (Å²) in [5, 5.41) is 38.8. The standard InChI is InChI=1S/C22H34O6/c1-2-3-8-12-18(24)21-16-19(25)20(28-21)15-14-17(23)11-9-6-4-5-7-10-13-22(26)27/h3,5-9,14-15,17-21,23-25H,2,4,10-13,16H2,1H3,(H,26,27)/b7-5-,8-3-,9-6-,15-14+/t17-,18-,19-,20-,21+/m0/s1. The number of ether oxygens (including phenoxy) is 1. The number of aliphatic hydroxyl groups is 3. The first-order chi connectivity index (χ1) is 13.4. The predicted molar refractivity (Wildman–Crippen MR) is 109 cm³/mol. The van der Waals surface area contributed by atoms with Crippen molar-refractivity contribution in [1.82, 2.24) is 0 Å². The van der Waals surface area contributed by atoms with E-state index in [0.29, 0.717) is 32.1 Å². The first-order valence-electron chi connectivity index (χ1n) is 9.98. The van der Waals surface area contributed by atoms with Crippen LogP contribution in [0.25, 0.3) is 0 Å². The predicted octanol–water partition coefficient (Wildman–Crippen LogP) is 2.90. The quantitative estimate of drug-likeness (QED) is 0.358. The minimum absolute atomic E-state index is 0.131. The van der Waals surface area contributed by atoms with Crippen LogP contribution >= 0.6 is 0 Å². The molecule has 1 rings (SSSR count). The highest BCUT2D eigenvalue weighted by molar-refractivity contribution is 5.66. The lowest BCUT2D eigenvalue weighted by Crippen LogP contribution is -2.25. The zero-order valence-corrected chi connectivity index (χ0v) is 16.6. The number of allylic oxidation sites excluding steroid dienone is 4. The van der Waals surface area contributed by atoms with Crippen LogP contribution in [-0.2, 0) is 9.53 Å². The summed E-state index contributed by atoms with van der Waals surface area (Å²) in [6.45, 7) is 2.03. The van der Waals surface area contributed by atoms with Crippen LogP contribution in [0.4, 0.5) is 0 Å². The summed E-state index contributed by atoms with van der Waals surface area (Å²) in [5.74, 6) is -0.805. The molecule has 6 nitrogen and oxygen atoms in total. The van der Waals surface area contributed by atoms with Crippen LogP contribution < -0.4 is 0 Å². The SMILES string of the molecule is CC/C=C\C[C@H](O)[C@H]1C[C@H](O)[C@H](/C=C/[C@@H](O)C/C=C\C/C=C\CCC(=O)O)O1. The van der Waals surface area contributed by atoms with Crippen molar-refractivity contribution in [2.75, 3.05) is 0 Å². The lowest BCUT2D eigenvalue weighted by atomic mass is 10.0. The van der Waals surface area contributed by atoms with Crippen LogP contribution in [0.2, 0.25) is 0 Å². The maximum atomic E-state index is 10.4. The maximum Gasteiger partial charge on any atom is 0.303 e. The van der Waals surface area contributed by atoms with Gasteiger partial charge in [-0.05, 0) is 32.1 Å². The fourth-order valence-electron chi connectivity index (χ4n) is 2.84. The second kappa shape index (κ2) is 14.3. The van der Waals surface area contributed by atoms with Gasteiger partial charge < -0.3 is 25.2 Å². The van der Waals surface area contributed by atoms with Crippen molar-refractivity contribution in [2.24, 2.45) is 0 Å². The molecule has 1 saturated heterocycles. The van der Waals surface area contributed by atoms with E-state index in [9.17, 15) is 20.1 Å². The van der Waals surface area contributed by atoms with E-state index in [4.69, 9.17) is 9.84 Å². The molecule has 0 spiro atoms. The number of carboxylic acid groups (broad SMARTS) is 1. The Labute approximate surface area is 167 Å². The molecule has 0 bridgehead atoms. The van der Waals surface area contributed by atoms with Gasteiger partial charge in [-0.2, -0.15) is 0 Å². The van der Waals surface area contributed by atoms with Crippen LogP contribution in [0.1, 0.15) is 51.9 Å². The summed E-state index contributed by atoms with van der Waals surface area (Å²) in [6, 6.07) is 0. The molecule has 1 aliphatic rings. The Bertz CT molecular complexity index is 551. The van der Waals surface area contributed by atoms with Crippen molar-refractivity contribution in [1.29, 1.82) is 0 Å². The summed E-state index contributed by atoms with van der Waals surface area (Å²) >= 11 is 0. The number of hydrogen-bond acceptors (Lipinski definition) is 5. The van der Waals surface area contributed by atoms with Crippen LogP contribution in [-0.4, -0.2) is 56.9 Å². The normalized spacial score (nSPS) is 25.5. The number of carboxylic acids is 1. The molecule has 0 aromatic rings. The molecular weight excluding hydrogens is 360 g/mol. The Kier molecular flexibility index (Phi) is 12.4. The molecule has 4 N–H and O–H groups in total. The number of hydrogen-bond donors (Lipinski definition) is 4. The van der Waals surface area contributed by atoms with Crippen LogP contribution in [0, 0.1) is 0 Å². The van der Waals surface area contributed by atoms with Gasteiger partial charge in [0.2, 0.25) is 0 Å². The maximum absolute atomic E-state index is 10.4. The minimum Gasteiger partial charge on any atom is -0.481 e. The van der Waals surface area contributed by atoms with E-state index in [1.54, 1.807) is 12.2 Å². The molecule has 28 heavy (non-hydrogen) atoms. The molecule has 5 atom stereocenters. The molecule has 0 aromatic heterocycles. The summed E-state index contributed by atoms with van der Waals surface area (Å²) in [6.07, 6.45) is 15.3.